The van der Waals surface area contributed by atoms with E-state index in [-0.39, 0.29) is 17.9 Å². The first-order valence-corrected chi connectivity index (χ1v) is 5.97. The predicted molar refractivity (Wildman–Crippen MR) is 65.7 cm³/mol. The van der Waals surface area contributed by atoms with E-state index in [9.17, 15) is 4.79 Å². The van der Waals surface area contributed by atoms with Gasteiger partial charge in [0.2, 0.25) is 0 Å². The van der Waals surface area contributed by atoms with Crippen LogP contribution in [0.25, 0.3) is 0 Å². The molecule has 16 heavy (non-hydrogen) atoms. The number of rotatable bonds is 3. The molecule has 3 nitrogen and oxygen atoms in total. The minimum absolute atomic E-state index is 0. The Morgan fingerprint density at radius 2 is 1.69 bits per heavy atom. The average molecular weight is 248 g/mol. The van der Waals surface area contributed by atoms with Crippen LogP contribution in [0.2, 0.25) is 0 Å². The van der Waals surface area contributed by atoms with Gasteiger partial charge in [0.15, 0.2) is 0 Å². The van der Waals surface area contributed by atoms with E-state index in [2.05, 4.69) is 6.92 Å². The monoisotopic (exact) mass is 247 g/mol. The van der Waals surface area contributed by atoms with E-state index < -0.39 is 5.97 Å². The number of carboxylic acid groups (broad SMARTS) is 1. The third kappa shape index (κ3) is 2.35. The van der Waals surface area contributed by atoms with E-state index in [1.165, 1.54) is 0 Å². The molecule has 3 aliphatic rings. The number of halogens is 1. The molecule has 0 unspecified atom stereocenters. The van der Waals surface area contributed by atoms with E-state index in [0.29, 0.717) is 17.8 Å². The maximum atomic E-state index is 10.8. The van der Waals surface area contributed by atoms with E-state index in [0.717, 1.165) is 38.5 Å². The molecule has 0 aromatic rings. The van der Waals surface area contributed by atoms with Crippen molar-refractivity contribution in [2.75, 3.05) is 0 Å². The van der Waals surface area contributed by atoms with Crippen LogP contribution in [0.1, 0.15) is 51.9 Å². The van der Waals surface area contributed by atoms with Crippen LogP contribution in [0.15, 0.2) is 0 Å². The van der Waals surface area contributed by atoms with Crippen LogP contribution in [-0.4, -0.2) is 16.6 Å². The molecule has 2 bridgehead atoms. The summed E-state index contributed by atoms with van der Waals surface area (Å²) in [4.78, 5) is 10.8. The first-order chi connectivity index (χ1) is 6.96. The first-order valence-electron chi connectivity index (χ1n) is 5.97. The molecular formula is C12H22ClNO2. The molecule has 0 heterocycles. The fourth-order valence-corrected chi connectivity index (χ4v) is 3.46. The lowest BCUT2D eigenvalue weighted by Gasteiger charge is -2.54. The molecule has 3 aliphatic carbocycles. The lowest BCUT2D eigenvalue weighted by molar-refractivity contribution is -0.140. The Hall–Kier alpha value is -0.280. The Morgan fingerprint density at radius 3 is 2.06 bits per heavy atom. The summed E-state index contributed by atoms with van der Waals surface area (Å²) in [6.07, 6.45) is 7.01. The summed E-state index contributed by atoms with van der Waals surface area (Å²) < 4.78 is 0. The van der Waals surface area contributed by atoms with Gasteiger partial charge in [-0.3, -0.25) is 4.79 Å². The second-order valence-corrected chi connectivity index (χ2v) is 5.72. The van der Waals surface area contributed by atoms with Crippen molar-refractivity contribution < 1.29 is 9.90 Å². The molecular weight excluding hydrogens is 226 g/mol. The van der Waals surface area contributed by atoms with E-state index in [4.69, 9.17) is 10.8 Å². The Morgan fingerprint density at radius 1 is 1.25 bits per heavy atom. The molecule has 4 heteroatoms. The summed E-state index contributed by atoms with van der Waals surface area (Å²) in [6, 6.07) is 0. The van der Waals surface area contributed by atoms with Crippen molar-refractivity contribution in [3.8, 4) is 0 Å². The van der Waals surface area contributed by atoms with Gasteiger partial charge in [-0.15, -0.1) is 12.4 Å². The molecule has 0 amide bonds. The van der Waals surface area contributed by atoms with E-state index in [1.807, 2.05) is 0 Å². The van der Waals surface area contributed by atoms with Crippen molar-refractivity contribution in [2.45, 2.75) is 57.4 Å². The third-order valence-electron chi connectivity index (χ3n) is 4.89. The molecule has 3 fully saturated rings. The Balaban J connectivity index is 0.00000128. The van der Waals surface area contributed by atoms with Gasteiger partial charge in [-0.2, -0.15) is 0 Å². The molecule has 3 N–H and O–H groups in total. The molecule has 0 saturated heterocycles. The number of carboxylic acids is 1. The number of nitrogens with two attached hydrogens (primary N) is 1. The minimum Gasteiger partial charge on any atom is -0.481 e. The highest BCUT2D eigenvalue weighted by Crippen LogP contribution is 2.55. The topological polar surface area (TPSA) is 63.3 Å². The first kappa shape index (κ1) is 13.8. The third-order valence-corrected chi connectivity index (χ3v) is 4.89. The van der Waals surface area contributed by atoms with Crippen LogP contribution in [-0.2, 0) is 4.79 Å². The maximum Gasteiger partial charge on any atom is 0.303 e. The van der Waals surface area contributed by atoms with Gasteiger partial charge < -0.3 is 10.8 Å². The van der Waals surface area contributed by atoms with Crippen molar-refractivity contribution >= 4 is 18.4 Å². The predicted octanol–water partition coefficient (Wildman–Crippen LogP) is 2.57. The second kappa shape index (κ2) is 4.53. The number of carbonyl (C=O) groups is 1. The van der Waals surface area contributed by atoms with Crippen LogP contribution in [0.3, 0.4) is 0 Å². The standard InChI is InChI=1S/C12H21NO2.ClH/c1-9(8-10(14)15)11-2-5-12(13,6-3-11)7-4-11;/h9H,2-8,13H2,1H3,(H,14,15);1H/t9-,11?,12?;/m0./s1. The fourth-order valence-electron chi connectivity index (χ4n) is 3.46. The van der Waals surface area contributed by atoms with Gasteiger partial charge in [0.1, 0.15) is 0 Å². The van der Waals surface area contributed by atoms with Crippen molar-refractivity contribution in [3.05, 3.63) is 0 Å². The lowest BCUT2D eigenvalue weighted by atomic mass is 9.53. The quantitative estimate of drug-likeness (QED) is 0.806. The largest absolute Gasteiger partial charge is 0.481 e. The molecule has 1 atom stereocenters. The Bertz CT molecular complexity index is 256. The second-order valence-electron chi connectivity index (χ2n) is 5.72. The SMILES string of the molecule is C[C@@H](CC(=O)O)C12CCC(N)(CC1)CC2.Cl. The summed E-state index contributed by atoms with van der Waals surface area (Å²) in [5.41, 5.74) is 6.62. The van der Waals surface area contributed by atoms with Crippen LogP contribution >= 0.6 is 12.4 Å². The summed E-state index contributed by atoms with van der Waals surface area (Å²) in [5, 5.41) is 8.86. The van der Waals surface area contributed by atoms with Crippen molar-refractivity contribution in [2.24, 2.45) is 17.1 Å². The van der Waals surface area contributed by atoms with Gasteiger partial charge in [-0.05, 0) is 49.9 Å². The summed E-state index contributed by atoms with van der Waals surface area (Å²) >= 11 is 0. The summed E-state index contributed by atoms with van der Waals surface area (Å²) in [6.45, 7) is 2.10. The fraction of sp³-hybridized carbons (Fsp3) is 0.917. The summed E-state index contributed by atoms with van der Waals surface area (Å²) in [7, 11) is 0. The van der Waals surface area contributed by atoms with Crippen molar-refractivity contribution in [1.82, 2.24) is 0 Å². The van der Waals surface area contributed by atoms with Gasteiger partial charge >= 0.3 is 5.97 Å². The maximum absolute atomic E-state index is 10.8. The van der Waals surface area contributed by atoms with Crippen LogP contribution in [0, 0.1) is 11.3 Å². The molecule has 0 radical (unpaired) electrons. The highest BCUT2D eigenvalue weighted by Gasteiger charge is 2.49. The van der Waals surface area contributed by atoms with E-state index >= 15 is 0 Å². The van der Waals surface area contributed by atoms with Crippen LogP contribution < -0.4 is 5.73 Å². The van der Waals surface area contributed by atoms with Gasteiger partial charge in [-0.25, -0.2) is 0 Å². The molecule has 3 saturated carbocycles. The highest BCUT2D eigenvalue weighted by atomic mass is 35.5. The molecule has 94 valence electrons. The zero-order chi connectivity index (χ0) is 11.1. The number of fused-ring (bicyclic) bond motifs is 3. The normalized spacial score (nSPS) is 38.9. The lowest BCUT2D eigenvalue weighted by Crippen LogP contribution is -2.53. The minimum atomic E-state index is -0.660. The molecule has 0 aromatic heterocycles. The smallest absolute Gasteiger partial charge is 0.303 e. The average Bonchev–Trinajstić information content (AvgIpc) is 2.18. The molecule has 0 aliphatic heterocycles. The van der Waals surface area contributed by atoms with Crippen LogP contribution in [0.5, 0.6) is 0 Å². The number of aliphatic carboxylic acids is 1. The van der Waals surface area contributed by atoms with Crippen molar-refractivity contribution in [3.63, 3.8) is 0 Å². The van der Waals surface area contributed by atoms with E-state index in [1.54, 1.807) is 0 Å². The van der Waals surface area contributed by atoms with Gasteiger partial charge in [0.25, 0.3) is 0 Å². The molecule has 0 aromatic carbocycles. The van der Waals surface area contributed by atoms with Crippen molar-refractivity contribution in [1.29, 1.82) is 0 Å². The Kier molecular flexibility index (Phi) is 3.91. The van der Waals surface area contributed by atoms with Crippen LogP contribution in [0.4, 0.5) is 0 Å². The molecule has 3 rings (SSSR count). The van der Waals surface area contributed by atoms with Gasteiger partial charge in [0, 0.05) is 12.0 Å². The summed E-state index contributed by atoms with van der Waals surface area (Å²) in [5.74, 6) is -0.355. The number of hydrogen-bond acceptors (Lipinski definition) is 2. The molecule has 0 spiro atoms. The number of hydrogen-bond donors (Lipinski definition) is 2. The van der Waals surface area contributed by atoms with Gasteiger partial charge in [-0.1, -0.05) is 6.92 Å². The Labute approximate surface area is 103 Å². The zero-order valence-corrected chi connectivity index (χ0v) is 10.7. The zero-order valence-electron chi connectivity index (χ0n) is 9.87. The van der Waals surface area contributed by atoms with Gasteiger partial charge in [0.05, 0.1) is 0 Å². The highest BCUT2D eigenvalue weighted by molar-refractivity contribution is 5.85.